The van der Waals surface area contributed by atoms with Crippen molar-refractivity contribution in [1.29, 1.82) is 0 Å². The first-order valence-corrected chi connectivity index (χ1v) is 9.99. The van der Waals surface area contributed by atoms with Gasteiger partial charge < -0.3 is 5.73 Å². The van der Waals surface area contributed by atoms with Crippen LogP contribution >= 0.6 is 27.3 Å². The van der Waals surface area contributed by atoms with E-state index < -0.39 is 10.0 Å². The topological polar surface area (TPSA) is 72.2 Å². The van der Waals surface area contributed by atoms with Gasteiger partial charge in [-0.3, -0.25) is 0 Å². The van der Waals surface area contributed by atoms with Crippen molar-refractivity contribution in [3.8, 4) is 0 Å². The minimum Gasteiger partial charge on any atom is -0.326 e. The summed E-state index contributed by atoms with van der Waals surface area (Å²) in [6, 6.07) is 1.70. The molecule has 1 heterocycles. The molecule has 1 aromatic rings. The van der Waals surface area contributed by atoms with E-state index in [0.717, 1.165) is 24.1 Å². The number of nitrogens with one attached hydrogen (secondary N) is 1. The molecular formula is C13H21BrN2O2S2. The van der Waals surface area contributed by atoms with Crippen LogP contribution in [-0.2, 0) is 16.6 Å². The highest BCUT2D eigenvalue weighted by molar-refractivity contribution is 9.11. The fraction of sp³-hybridized carbons (Fsp3) is 0.692. The summed E-state index contributed by atoms with van der Waals surface area (Å²) in [5, 5.41) is 0. The van der Waals surface area contributed by atoms with Gasteiger partial charge in [-0.15, -0.1) is 11.3 Å². The van der Waals surface area contributed by atoms with Crippen molar-refractivity contribution >= 4 is 37.3 Å². The van der Waals surface area contributed by atoms with E-state index in [1.54, 1.807) is 6.07 Å². The van der Waals surface area contributed by atoms with Crippen molar-refractivity contribution in [2.45, 2.75) is 50.6 Å². The van der Waals surface area contributed by atoms with E-state index in [2.05, 4.69) is 34.5 Å². The summed E-state index contributed by atoms with van der Waals surface area (Å²) in [6.45, 7) is 4.67. The van der Waals surface area contributed by atoms with Crippen LogP contribution in [0.4, 0.5) is 0 Å². The van der Waals surface area contributed by atoms with E-state index >= 15 is 0 Å². The summed E-state index contributed by atoms with van der Waals surface area (Å²) in [5.74, 6) is 1.01. The molecule has 7 heteroatoms. The zero-order valence-electron chi connectivity index (χ0n) is 11.7. The van der Waals surface area contributed by atoms with Gasteiger partial charge in [-0.2, -0.15) is 0 Å². The molecule has 0 bridgehead atoms. The van der Waals surface area contributed by atoms with Crippen LogP contribution in [0.25, 0.3) is 0 Å². The van der Waals surface area contributed by atoms with Gasteiger partial charge >= 0.3 is 0 Å². The molecule has 0 radical (unpaired) electrons. The number of sulfonamides is 1. The minimum absolute atomic E-state index is 0.0399. The lowest BCUT2D eigenvalue weighted by atomic mass is 9.94. The van der Waals surface area contributed by atoms with E-state index in [9.17, 15) is 8.42 Å². The molecule has 1 saturated carbocycles. The Morgan fingerprint density at radius 1 is 1.50 bits per heavy atom. The Labute approximate surface area is 133 Å². The average Bonchev–Trinajstić information content (AvgIpc) is 2.94. The fourth-order valence-electron chi connectivity index (χ4n) is 2.93. The van der Waals surface area contributed by atoms with E-state index in [4.69, 9.17) is 5.73 Å². The molecule has 0 aliphatic heterocycles. The molecule has 0 amide bonds. The zero-order valence-corrected chi connectivity index (χ0v) is 14.9. The number of thiophene rings is 1. The molecule has 114 valence electrons. The van der Waals surface area contributed by atoms with Gasteiger partial charge in [0.15, 0.2) is 0 Å². The molecule has 20 heavy (non-hydrogen) atoms. The molecule has 2 rings (SSSR count). The van der Waals surface area contributed by atoms with E-state index in [-0.39, 0.29) is 6.04 Å². The second-order valence-corrected chi connectivity index (χ2v) is 9.52. The number of nitrogens with two attached hydrogens (primary N) is 1. The molecule has 1 aliphatic carbocycles. The van der Waals surface area contributed by atoms with Gasteiger partial charge in [-0.05, 0) is 46.7 Å². The molecule has 0 aromatic carbocycles. The highest BCUT2D eigenvalue weighted by Gasteiger charge is 2.35. The molecule has 3 unspecified atom stereocenters. The lowest BCUT2D eigenvalue weighted by Crippen LogP contribution is -2.37. The highest BCUT2D eigenvalue weighted by atomic mass is 79.9. The van der Waals surface area contributed by atoms with Crippen LogP contribution in [0.2, 0.25) is 0 Å². The quantitative estimate of drug-likeness (QED) is 0.823. The van der Waals surface area contributed by atoms with Crippen LogP contribution in [-0.4, -0.2) is 14.5 Å². The maximum Gasteiger partial charge on any atom is 0.242 e. The second-order valence-electron chi connectivity index (χ2n) is 5.39. The van der Waals surface area contributed by atoms with Crippen molar-refractivity contribution in [1.82, 2.24) is 4.72 Å². The van der Waals surface area contributed by atoms with Crippen LogP contribution in [0.1, 0.15) is 38.0 Å². The zero-order chi connectivity index (χ0) is 14.9. The summed E-state index contributed by atoms with van der Waals surface area (Å²) in [6.07, 6.45) is 3.13. The van der Waals surface area contributed by atoms with Crippen molar-refractivity contribution in [3.63, 3.8) is 0 Å². The number of rotatable bonds is 5. The largest absolute Gasteiger partial charge is 0.326 e. The van der Waals surface area contributed by atoms with Gasteiger partial charge in [-0.1, -0.05) is 20.3 Å². The van der Waals surface area contributed by atoms with E-state index in [1.165, 1.54) is 11.3 Å². The third-order valence-corrected chi connectivity index (χ3v) is 8.02. The Morgan fingerprint density at radius 2 is 2.20 bits per heavy atom. The van der Waals surface area contributed by atoms with Crippen molar-refractivity contribution in [3.05, 3.63) is 14.7 Å². The Morgan fingerprint density at radius 3 is 2.70 bits per heavy atom. The Balaban J connectivity index is 2.17. The fourth-order valence-corrected chi connectivity index (χ4v) is 6.86. The molecule has 1 aliphatic rings. The number of halogens is 1. The summed E-state index contributed by atoms with van der Waals surface area (Å²) < 4.78 is 28.5. The van der Waals surface area contributed by atoms with E-state index in [0.29, 0.717) is 27.1 Å². The molecule has 1 fully saturated rings. The molecule has 3 N–H and O–H groups in total. The first-order valence-electron chi connectivity index (χ1n) is 6.89. The lowest BCUT2D eigenvalue weighted by Gasteiger charge is -2.20. The normalized spacial score (nSPS) is 27.1. The number of hydrogen-bond acceptors (Lipinski definition) is 4. The van der Waals surface area contributed by atoms with Gasteiger partial charge in [0, 0.05) is 17.5 Å². The lowest BCUT2D eigenvalue weighted by molar-refractivity contribution is 0.368. The first kappa shape index (κ1) is 16.4. The summed E-state index contributed by atoms with van der Waals surface area (Å²) in [5.41, 5.74) is 5.57. The SMILES string of the molecule is CCC1CCC(NS(=O)(=O)c2cc(CN)sc2Br)C1C. The predicted molar refractivity (Wildman–Crippen MR) is 86.2 cm³/mol. The van der Waals surface area contributed by atoms with E-state index in [1.807, 2.05) is 0 Å². The molecule has 0 saturated heterocycles. The molecule has 1 aromatic heterocycles. The minimum atomic E-state index is -3.47. The number of hydrogen-bond donors (Lipinski definition) is 2. The predicted octanol–water partition coefficient (Wildman–Crippen LogP) is 3.07. The van der Waals surface area contributed by atoms with Crippen LogP contribution in [0, 0.1) is 11.8 Å². The third-order valence-electron chi connectivity index (χ3n) is 4.25. The molecule has 3 atom stereocenters. The summed E-state index contributed by atoms with van der Waals surface area (Å²) in [7, 11) is -3.47. The summed E-state index contributed by atoms with van der Waals surface area (Å²) in [4.78, 5) is 1.18. The average molecular weight is 381 g/mol. The van der Waals surface area contributed by atoms with Crippen molar-refractivity contribution in [2.75, 3.05) is 0 Å². The first-order chi connectivity index (χ1) is 9.39. The van der Waals surface area contributed by atoms with Crippen LogP contribution < -0.4 is 10.5 Å². The van der Waals surface area contributed by atoms with Crippen LogP contribution in [0.15, 0.2) is 14.7 Å². The van der Waals surface area contributed by atoms with Gasteiger partial charge in [0.2, 0.25) is 10.0 Å². The van der Waals surface area contributed by atoms with Crippen LogP contribution in [0.5, 0.6) is 0 Å². The van der Waals surface area contributed by atoms with Crippen molar-refractivity contribution in [2.24, 2.45) is 17.6 Å². The Hall–Kier alpha value is 0.0500. The smallest absolute Gasteiger partial charge is 0.242 e. The second kappa shape index (κ2) is 6.44. The van der Waals surface area contributed by atoms with Gasteiger partial charge in [0.1, 0.15) is 4.90 Å². The Kier molecular flexibility index (Phi) is 5.29. The molecular weight excluding hydrogens is 360 g/mol. The van der Waals surface area contributed by atoms with Gasteiger partial charge in [0.05, 0.1) is 3.79 Å². The van der Waals surface area contributed by atoms with Gasteiger partial charge in [0.25, 0.3) is 0 Å². The van der Waals surface area contributed by atoms with Crippen molar-refractivity contribution < 1.29 is 8.42 Å². The van der Waals surface area contributed by atoms with Gasteiger partial charge in [-0.25, -0.2) is 13.1 Å². The maximum atomic E-state index is 12.5. The maximum absolute atomic E-state index is 12.5. The monoisotopic (exact) mass is 380 g/mol. The standard InChI is InChI=1S/C13H21BrN2O2S2/c1-3-9-4-5-11(8(9)2)16-20(17,18)12-6-10(7-15)19-13(12)14/h6,8-9,11,16H,3-5,7,15H2,1-2H3. The summed E-state index contributed by atoms with van der Waals surface area (Å²) >= 11 is 4.71. The third kappa shape index (κ3) is 3.27. The molecule has 4 nitrogen and oxygen atoms in total. The highest BCUT2D eigenvalue weighted by Crippen LogP contribution is 2.36. The van der Waals surface area contributed by atoms with Crippen LogP contribution in [0.3, 0.4) is 0 Å². The Bertz CT molecular complexity index is 571. The molecule has 0 spiro atoms.